The van der Waals surface area contributed by atoms with E-state index in [0.717, 1.165) is 11.1 Å². The lowest BCUT2D eigenvalue weighted by molar-refractivity contribution is -0.130. The summed E-state index contributed by atoms with van der Waals surface area (Å²) < 4.78 is 32.6. The number of benzene rings is 4. The summed E-state index contributed by atoms with van der Waals surface area (Å²) in [6, 6.07) is 28.3. The molecule has 1 aliphatic rings. The topological polar surface area (TPSA) is 46.6 Å². The van der Waals surface area contributed by atoms with Crippen LogP contribution in [0.3, 0.4) is 0 Å². The third-order valence-corrected chi connectivity index (χ3v) is 6.64. The highest BCUT2D eigenvalue weighted by Gasteiger charge is 2.48. The molecule has 0 bridgehead atoms. The summed E-state index contributed by atoms with van der Waals surface area (Å²) in [7, 11) is 0. The van der Waals surface area contributed by atoms with E-state index in [9.17, 15) is 18.4 Å². The van der Waals surface area contributed by atoms with Crippen LogP contribution in [0.5, 0.6) is 5.75 Å². The number of anilines is 1. The van der Waals surface area contributed by atoms with Gasteiger partial charge in [0.15, 0.2) is 5.78 Å². The molecule has 2 atom stereocenters. The first-order valence-electron chi connectivity index (χ1n) is 12.1. The number of Topliss-reactive ketones (excluding diaryl/α,β-unsaturated/α-hetero) is 1. The molecule has 4 nitrogen and oxygen atoms in total. The van der Waals surface area contributed by atoms with Crippen molar-refractivity contribution in [3.05, 3.63) is 131 Å². The van der Waals surface area contributed by atoms with Crippen molar-refractivity contribution in [2.75, 3.05) is 4.90 Å². The Bertz CT molecular complexity index is 1370. The van der Waals surface area contributed by atoms with Crippen LogP contribution in [0, 0.1) is 17.6 Å². The zero-order valence-corrected chi connectivity index (χ0v) is 20.0. The second kappa shape index (κ2) is 10.7. The van der Waals surface area contributed by atoms with Gasteiger partial charge in [0.2, 0.25) is 5.91 Å². The molecule has 1 saturated heterocycles. The Kier molecular flexibility index (Phi) is 7.08. The highest BCUT2D eigenvalue weighted by molar-refractivity contribution is 6.04. The number of β-lactam (4-membered cyclic amide) rings is 1. The minimum atomic E-state index is -0.412. The van der Waals surface area contributed by atoms with E-state index >= 15 is 0 Å². The molecule has 0 N–H and O–H groups in total. The molecule has 5 rings (SSSR count). The maximum Gasteiger partial charge on any atom is 0.233 e. The van der Waals surface area contributed by atoms with E-state index < -0.39 is 11.7 Å². The fourth-order valence-corrected chi connectivity index (χ4v) is 4.67. The summed E-state index contributed by atoms with van der Waals surface area (Å²) in [5.74, 6) is -0.754. The number of nitrogens with zero attached hydrogens (tertiary/aromatic N) is 1. The average molecular weight is 498 g/mol. The van der Waals surface area contributed by atoms with Crippen molar-refractivity contribution in [2.45, 2.75) is 25.5 Å². The van der Waals surface area contributed by atoms with Crippen molar-refractivity contribution in [1.29, 1.82) is 0 Å². The molecule has 1 unspecified atom stereocenters. The zero-order valence-electron chi connectivity index (χ0n) is 20.0. The number of hydrogen-bond donors (Lipinski definition) is 0. The van der Waals surface area contributed by atoms with Crippen LogP contribution in [0.4, 0.5) is 14.5 Å². The van der Waals surface area contributed by atoms with Crippen molar-refractivity contribution in [3.63, 3.8) is 0 Å². The molecule has 1 heterocycles. The van der Waals surface area contributed by atoms with E-state index in [1.165, 1.54) is 36.4 Å². The van der Waals surface area contributed by atoms with Crippen LogP contribution in [-0.4, -0.2) is 11.7 Å². The number of carbonyl (C=O) groups excluding carboxylic acids is 2. The third kappa shape index (κ3) is 5.43. The summed E-state index contributed by atoms with van der Waals surface area (Å²) in [5.41, 5.74) is 2.97. The van der Waals surface area contributed by atoms with E-state index in [4.69, 9.17) is 4.74 Å². The monoisotopic (exact) mass is 497 g/mol. The van der Waals surface area contributed by atoms with E-state index in [0.29, 0.717) is 30.0 Å². The van der Waals surface area contributed by atoms with Gasteiger partial charge in [-0.2, -0.15) is 0 Å². The average Bonchev–Trinajstić information content (AvgIpc) is 2.93. The molecule has 0 radical (unpaired) electrons. The molecule has 0 aromatic heterocycles. The van der Waals surface area contributed by atoms with Crippen molar-refractivity contribution < 1.29 is 23.1 Å². The standard InChI is InChI=1S/C31H25F2NO3/c32-24-10-6-22(7-11-24)29(35)19-18-28-30(34(31(28)36)26-14-12-25(33)13-15-26)23-8-16-27(17-9-23)37-20-21-4-2-1-3-5-21/h1-17,28,30H,18-20H2/t28?,30-/m1/s1. The normalized spacial score (nSPS) is 16.8. The summed E-state index contributed by atoms with van der Waals surface area (Å²) in [6.07, 6.45) is 0.512. The van der Waals surface area contributed by atoms with Crippen LogP contribution in [0.25, 0.3) is 0 Å². The van der Waals surface area contributed by atoms with Crippen LogP contribution in [-0.2, 0) is 11.4 Å². The molecule has 1 fully saturated rings. The summed E-state index contributed by atoms with van der Waals surface area (Å²) in [4.78, 5) is 27.5. The molecule has 0 saturated carbocycles. The number of ether oxygens (including phenoxy) is 1. The number of carbonyl (C=O) groups is 2. The smallest absolute Gasteiger partial charge is 0.233 e. The Morgan fingerprint density at radius 1 is 0.784 bits per heavy atom. The highest BCUT2D eigenvalue weighted by atomic mass is 19.1. The predicted molar refractivity (Wildman–Crippen MR) is 137 cm³/mol. The van der Waals surface area contributed by atoms with Crippen molar-refractivity contribution >= 4 is 17.4 Å². The van der Waals surface area contributed by atoms with Gasteiger partial charge in [0.05, 0.1) is 12.0 Å². The lowest BCUT2D eigenvalue weighted by atomic mass is 9.78. The van der Waals surface area contributed by atoms with E-state index in [1.54, 1.807) is 17.0 Å². The van der Waals surface area contributed by atoms with Gasteiger partial charge in [-0.25, -0.2) is 8.78 Å². The largest absolute Gasteiger partial charge is 0.489 e. The molecule has 0 spiro atoms. The molecule has 37 heavy (non-hydrogen) atoms. The molecule has 4 aromatic rings. The summed E-state index contributed by atoms with van der Waals surface area (Å²) in [6.45, 7) is 0.442. The quantitative estimate of drug-likeness (QED) is 0.186. The first kappa shape index (κ1) is 24.4. The number of amides is 1. The maximum atomic E-state index is 13.5. The van der Waals surface area contributed by atoms with Crippen molar-refractivity contribution in [3.8, 4) is 5.75 Å². The minimum absolute atomic E-state index is 0.118. The van der Waals surface area contributed by atoms with Crippen molar-refractivity contribution in [2.24, 2.45) is 5.92 Å². The Morgan fingerprint density at radius 3 is 2.05 bits per heavy atom. The fraction of sp³-hybridized carbons (Fsp3) is 0.161. The van der Waals surface area contributed by atoms with Crippen LogP contribution >= 0.6 is 0 Å². The molecule has 1 aliphatic heterocycles. The molecule has 0 aliphatic carbocycles. The SMILES string of the molecule is O=C(CCC1C(=O)N(c2ccc(F)cc2)[C@@H]1c1ccc(OCc2ccccc2)cc1)c1ccc(F)cc1. The van der Waals surface area contributed by atoms with Gasteiger partial charge in [-0.15, -0.1) is 0 Å². The highest BCUT2D eigenvalue weighted by Crippen LogP contribution is 2.46. The Hall–Kier alpha value is -4.32. The maximum absolute atomic E-state index is 13.5. The molecular formula is C31H25F2NO3. The second-order valence-corrected chi connectivity index (χ2v) is 9.05. The Morgan fingerprint density at radius 2 is 1.41 bits per heavy atom. The van der Waals surface area contributed by atoms with Gasteiger partial charge in [-0.05, 0) is 78.2 Å². The van der Waals surface area contributed by atoms with Gasteiger partial charge in [-0.1, -0.05) is 42.5 Å². The summed E-state index contributed by atoms with van der Waals surface area (Å²) >= 11 is 0. The number of rotatable bonds is 9. The number of ketones is 1. The van der Waals surface area contributed by atoms with Crippen LogP contribution in [0.15, 0.2) is 103 Å². The Labute approximate surface area is 214 Å². The number of halogens is 2. The van der Waals surface area contributed by atoms with E-state index in [-0.39, 0.29) is 30.0 Å². The van der Waals surface area contributed by atoms with Gasteiger partial charge in [0.1, 0.15) is 24.0 Å². The van der Waals surface area contributed by atoms with Gasteiger partial charge in [0, 0.05) is 17.7 Å². The third-order valence-electron chi connectivity index (χ3n) is 6.64. The minimum Gasteiger partial charge on any atom is -0.489 e. The first-order valence-corrected chi connectivity index (χ1v) is 12.1. The van der Waals surface area contributed by atoms with Crippen LogP contribution in [0.2, 0.25) is 0 Å². The second-order valence-electron chi connectivity index (χ2n) is 9.05. The lowest BCUT2D eigenvalue weighted by Gasteiger charge is -2.47. The first-order chi connectivity index (χ1) is 18.0. The zero-order chi connectivity index (χ0) is 25.8. The summed E-state index contributed by atoms with van der Waals surface area (Å²) in [5, 5.41) is 0. The molecule has 4 aromatic carbocycles. The lowest BCUT2D eigenvalue weighted by Crippen LogP contribution is -2.55. The molecular weight excluding hydrogens is 472 g/mol. The van der Waals surface area contributed by atoms with E-state index in [2.05, 4.69) is 0 Å². The van der Waals surface area contributed by atoms with Crippen molar-refractivity contribution in [1.82, 2.24) is 0 Å². The van der Waals surface area contributed by atoms with Gasteiger partial charge < -0.3 is 9.64 Å². The van der Waals surface area contributed by atoms with Gasteiger partial charge in [-0.3, -0.25) is 9.59 Å². The Balaban J connectivity index is 1.33. The van der Waals surface area contributed by atoms with Gasteiger partial charge in [0.25, 0.3) is 0 Å². The fourth-order valence-electron chi connectivity index (χ4n) is 4.67. The molecule has 186 valence electrons. The van der Waals surface area contributed by atoms with Gasteiger partial charge >= 0.3 is 0 Å². The van der Waals surface area contributed by atoms with Crippen LogP contribution < -0.4 is 9.64 Å². The van der Waals surface area contributed by atoms with Crippen LogP contribution in [0.1, 0.15) is 40.4 Å². The predicted octanol–water partition coefficient (Wildman–Crippen LogP) is 6.91. The van der Waals surface area contributed by atoms with E-state index in [1.807, 2.05) is 54.6 Å². The number of hydrogen-bond acceptors (Lipinski definition) is 3. The molecule has 1 amide bonds. The molecule has 6 heteroatoms.